The number of benzene rings is 2. The van der Waals surface area contributed by atoms with Gasteiger partial charge < -0.3 is 79.3 Å². The van der Waals surface area contributed by atoms with E-state index in [1.54, 1.807) is 62.4 Å². The van der Waals surface area contributed by atoms with Gasteiger partial charge in [-0.3, -0.25) is 52.8 Å². The predicted molar refractivity (Wildman–Crippen MR) is 322 cm³/mol. The number of carbonyl (C=O) groups is 11. The third kappa shape index (κ3) is 24.0. The first-order valence-corrected chi connectivity index (χ1v) is 30.1. The van der Waals surface area contributed by atoms with E-state index >= 15 is 14.4 Å². The molecule has 27 nitrogen and oxygen atoms in total. The van der Waals surface area contributed by atoms with Crippen molar-refractivity contribution in [2.75, 3.05) is 26.3 Å². The molecule has 11 unspecified atom stereocenters. The summed E-state index contributed by atoms with van der Waals surface area (Å²) >= 11 is 0. The Morgan fingerprint density at radius 1 is 0.659 bits per heavy atom. The number of imide groups is 1. The van der Waals surface area contributed by atoms with E-state index < -0.39 is 182 Å². The van der Waals surface area contributed by atoms with Gasteiger partial charge in [0.25, 0.3) is 17.7 Å². The summed E-state index contributed by atoms with van der Waals surface area (Å²) < 4.78 is 0. The number of nitrogens with zero attached hydrogens (tertiary/aromatic N) is 1. The van der Waals surface area contributed by atoms with Crippen molar-refractivity contribution in [3.8, 4) is 0 Å². The molecule has 0 bridgehead atoms. The Labute approximate surface area is 513 Å². The summed E-state index contributed by atoms with van der Waals surface area (Å²) in [5.74, 6) is -15.0. The van der Waals surface area contributed by atoms with E-state index in [-0.39, 0.29) is 50.8 Å². The summed E-state index contributed by atoms with van der Waals surface area (Å²) in [5, 5.41) is 79.6. The highest BCUT2D eigenvalue weighted by Gasteiger charge is 2.51. The highest BCUT2D eigenvalue weighted by atomic mass is 16.4. The minimum atomic E-state index is -2.84. The fourth-order valence-electron chi connectivity index (χ4n) is 10.1. The summed E-state index contributed by atoms with van der Waals surface area (Å²) in [5.41, 5.74) is 9.57. The van der Waals surface area contributed by atoms with Crippen molar-refractivity contribution in [1.82, 2.24) is 42.1 Å². The number of aliphatic hydroxyl groups is 4. The van der Waals surface area contributed by atoms with Crippen LogP contribution in [-0.2, 0) is 65.6 Å². The number of hydrogen-bond donors (Lipinski definition) is 15. The second kappa shape index (κ2) is 37.5. The van der Waals surface area contributed by atoms with Gasteiger partial charge in [-0.1, -0.05) is 128 Å². The topological polar surface area (TPSA) is 449 Å². The second-order valence-electron chi connectivity index (χ2n) is 23.7. The van der Waals surface area contributed by atoms with E-state index in [2.05, 4.69) is 51.1 Å². The Kier molecular flexibility index (Phi) is 32.0. The molecule has 490 valence electrons. The first-order chi connectivity index (χ1) is 41.6. The molecule has 88 heavy (non-hydrogen) atoms. The lowest BCUT2D eigenvalue weighted by atomic mass is 9.81. The lowest BCUT2D eigenvalue weighted by Crippen LogP contribution is -2.70. The van der Waals surface area contributed by atoms with Crippen molar-refractivity contribution in [2.45, 2.75) is 198 Å². The van der Waals surface area contributed by atoms with Crippen LogP contribution in [0.4, 0.5) is 0 Å². The first-order valence-electron chi connectivity index (χ1n) is 30.1. The summed E-state index contributed by atoms with van der Waals surface area (Å²) in [6.07, 6.45) is -1.56. The van der Waals surface area contributed by atoms with Crippen LogP contribution in [0.1, 0.15) is 130 Å². The number of nitrogens with one attached hydrogen (secondary N) is 7. The Bertz CT molecular complexity index is 2630. The van der Waals surface area contributed by atoms with Crippen LogP contribution >= 0.6 is 0 Å². The van der Waals surface area contributed by atoms with Gasteiger partial charge in [0.15, 0.2) is 11.3 Å². The molecule has 17 N–H and O–H groups in total. The van der Waals surface area contributed by atoms with Gasteiger partial charge in [-0.15, -0.1) is 0 Å². The Morgan fingerprint density at radius 2 is 1.23 bits per heavy atom. The second-order valence-corrected chi connectivity index (χ2v) is 23.7. The average Bonchev–Trinajstić information content (AvgIpc) is 2.28. The van der Waals surface area contributed by atoms with Gasteiger partial charge in [0.1, 0.15) is 36.3 Å². The standard InChI is InChI=1S/C61H94N10O17/c1-35(2)18-10-7-15-23-40(74)29-49(76)70-61(31-39-21-13-9-14-22-39,52(79)42(63)30-50(77)78)60(88)68-47(34-73)55(82)69-51(37(5)6)58(85)71(48(27-38-19-11-8-12-20-38)56(83)65-43(59(86)87)24-16-17-25-62)57(84)45(26-36(3)4)66-54(81)46(33-72)67-53(80)44-28-41(75)32-64-44/h8-9,11-14,19-22,35-37,40-48,51,64,72-75H,7,10,15-18,23-34,62-63H2,1-6H3,(H,65,83)(H,66,81)(H,67,80)(H,68,88)(H,69,82)(H,70,76)(H,77,78)(H,86,87). The molecule has 2 aromatic rings. The Morgan fingerprint density at radius 3 is 1.76 bits per heavy atom. The van der Waals surface area contributed by atoms with Crippen molar-refractivity contribution in [2.24, 2.45) is 29.2 Å². The molecule has 2 aromatic carbocycles. The highest BCUT2D eigenvalue weighted by Crippen LogP contribution is 2.23. The molecule has 3 rings (SSSR count). The third-order valence-electron chi connectivity index (χ3n) is 15.0. The zero-order chi connectivity index (χ0) is 65.8. The van der Waals surface area contributed by atoms with Gasteiger partial charge in [0.05, 0.1) is 50.3 Å². The number of carbonyl (C=O) groups excluding carboxylic acids is 9. The molecule has 1 fully saturated rings. The van der Waals surface area contributed by atoms with Crippen LogP contribution in [0.2, 0.25) is 0 Å². The van der Waals surface area contributed by atoms with Crippen molar-refractivity contribution in [3.05, 3.63) is 71.8 Å². The van der Waals surface area contributed by atoms with Gasteiger partial charge in [0, 0.05) is 19.4 Å². The number of Topliss-reactive ketones (excluding diaryl/α,β-unsaturated/α-hetero) is 1. The van der Waals surface area contributed by atoms with Crippen LogP contribution in [0.5, 0.6) is 0 Å². The van der Waals surface area contributed by atoms with Crippen molar-refractivity contribution >= 4 is 65.0 Å². The molecule has 0 aliphatic carbocycles. The van der Waals surface area contributed by atoms with Crippen molar-refractivity contribution in [3.63, 3.8) is 0 Å². The molecule has 27 heteroatoms. The smallest absolute Gasteiger partial charge is 0.326 e. The van der Waals surface area contributed by atoms with Crippen LogP contribution in [-0.4, -0.2) is 193 Å². The van der Waals surface area contributed by atoms with Crippen LogP contribution in [0.25, 0.3) is 0 Å². The van der Waals surface area contributed by atoms with E-state index in [9.17, 15) is 69.0 Å². The summed E-state index contributed by atoms with van der Waals surface area (Å²) in [7, 11) is 0. The molecule has 11 atom stereocenters. The fraction of sp³-hybridized carbons (Fsp3) is 0.623. The number of aliphatic carboxylic acids is 2. The first kappa shape index (κ1) is 75.0. The monoisotopic (exact) mass is 1240 g/mol. The molecular weight excluding hydrogens is 1140 g/mol. The molecule has 0 saturated carbocycles. The number of unbranched alkanes of at least 4 members (excludes halogenated alkanes) is 3. The number of β-amino-alcohol motifs (C(OH)–C–C–N with tert-alkyl or cyclic N) is 1. The quantitative estimate of drug-likeness (QED) is 0.0276. The van der Waals surface area contributed by atoms with Crippen LogP contribution in [0.15, 0.2) is 60.7 Å². The molecule has 0 aromatic heterocycles. The number of rotatable bonds is 40. The molecule has 1 saturated heterocycles. The minimum absolute atomic E-state index is 0.0161. The number of carboxylic acid groups (broad SMARTS) is 2. The zero-order valence-electron chi connectivity index (χ0n) is 51.3. The minimum Gasteiger partial charge on any atom is -0.481 e. The molecular formula is C61H94N10O17. The van der Waals surface area contributed by atoms with Gasteiger partial charge >= 0.3 is 11.9 Å². The molecule has 1 aliphatic rings. The van der Waals surface area contributed by atoms with E-state index in [0.29, 0.717) is 29.2 Å². The number of carboxylic acids is 2. The zero-order valence-corrected chi connectivity index (χ0v) is 51.3. The maximum atomic E-state index is 15.7. The van der Waals surface area contributed by atoms with Gasteiger partial charge in [0.2, 0.25) is 29.5 Å². The van der Waals surface area contributed by atoms with E-state index in [1.165, 1.54) is 26.0 Å². The molecule has 0 radical (unpaired) electrons. The third-order valence-corrected chi connectivity index (χ3v) is 15.0. The van der Waals surface area contributed by atoms with E-state index in [4.69, 9.17) is 11.5 Å². The summed E-state index contributed by atoms with van der Waals surface area (Å²) in [6, 6.07) is 1.59. The summed E-state index contributed by atoms with van der Waals surface area (Å²) in [6.45, 7) is 8.29. The number of aliphatic hydroxyl groups excluding tert-OH is 4. The maximum Gasteiger partial charge on any atom is 0.326 e. The average molecular weight is 1240 g/mol. The Hall–Kier alpha value is -7.27. The number of nitrogens with two attached hydrogens (primary N) is 2. The molecule has 1 heterocycles. The van der Waals surface area contributed by atoms with Gasteiger partial charge in [-0.25, -0.2) is 4.79 Å². The van der Waals surface area contributed by atoms with Crippen molar-refractivity contribution < 1.29 is 83.4 Å². The normalized spacial score (nSPS) is 17.4. The van der Waals surface area contributed by atoms with Crippen LogP contribution in [0, 0.1) is 17.8 Å². The molecule has 0 spiro atoms. The van der Waals surface area contributed by atoms with Crippen LogP contribution in [0.3, 0.4) is 0 Å². The molecule has 8 amide bonds. The number of hydrogen-bond acceptors (Lipinski definition) is 18. The van der Waals surface area contributed by atoms with E-state index in [0.717, 1.165) is 19.3 Å². The molecule has 1 aliphatic heterocycles. The highest BCUT2D eigenvalue weighted by molar-refractivity contribution is 6.16. The number of amides is 8. The van der Waals surface area contributed by atoms with Crippen molar-refractivity contribution in [1.29, 1.82) is 0 Å². The number of ketones is 1. The predicted octanol–water partition coefficient (Wildman–Crippen LogP) is -1.17. The Balaban J connectivity index is 2.24. The fourth-order valence-corrected chi connectivity index (χ4v) is 10.1. The van der Waals surface area contributed by atoms with Crippen LogP contribution < -0.4 is 48.7 Å². The largest absolute Gasteiger partial charge is 0.481 e. The lowest BCUT2D eigenvalue weighted by Gasteiger charge is -2.37. The maximum absolute atomic E-state index is 15.7. The summed E-state index contributed by atoms with van der Waals surface area (Å²) in [4.78, 5) is 157. The van der Waals surface area contributed by atoms with Gasteiger partial charge in [-0.05, 0) is 74.0 Å². The lowest BCUT2D eigenvalue weighted by molar-refractivity contribution is -0.157. The SMILES string of the molecule is CC(C)CCCCCC(O)CC(=O)NC(Cc1ccccc1)(C(=O)NC(CO)C(=O)NC(C(=O)N(C(=O)C(CC(C)C)NC(=O)C(CO)NC(=O)C1CC(O)CN1)C(Cc1ccccc1)C(=O)NC(CCCCN)C(=O)O)C(C)C)C(=O)C(N)CC(=O)O. The van der Waals surface area contributed by atoms with E-state index in [1.807, 2.05) is 0 Å². The van der Waals surface area contributed by atoms with Gasteiger partial charge in [-0.2, -0.15) is 0 Å².